The Morgan fingerprint density at radius 2 is 1.63 bits per heavy atom. The summed E-state index contributed by atoms with van der Waals surface area (Å²) in [6.45, 7) is 7.93. The first kappa shape index (κ1) is 14.5. The Morgan fingerprint density at radius 1 is 1.16 bits per heavy atom. The van der Waals surface area contributed by atoms with Gasteiger partial charge in [0.15, 0.2) is 0 Å². The van der Waals surface area contributed by atoms with Crippen molar-refractivity contribution in [2.75, 3.05) is 13.1 Å². The predicted molar refractivity (Wildman–Crippen MR) is 74.5 cm³/mol. The van der Waals surface area contributed by atoms with Gasteiger partial charge in [-0.25, -0.2) is 8.42 Å². The van der Waals surface area contributed by atoms with E-state index in [1.165, 1.54) is 4.31 Å². The molecule has 5 heteroatoms. The zero-order valence-electron chi connectivity index (χ0n) is 11.8. The maximum atomic E-state index is 12.4. The molecule has 19 heavy (non-hydrogen) atoms. The molecule has 0 saturated carbocycles. The van der Waals surface area contributed by atoms with Crippen molar-refractivity contribution in [3.63, 3.8) is 0 Å². The Hall–Kier alpha value is -0.910. The Morgan fingerprint density at radius 3 is 2.05 bits per heavy atom. The summed E-state index contributed by atoms with van der Waals surface area (Å²) < 4.78 is 26.2. The van der Waals surface area contributed by atoms with E-state index in [1.807, 2.05) is 33.8 Å². The molecular weight excluding hydrogens is 262 g/mol. The molecule has 106 valence electrons. The molecule has 1 aliphatic heterocycles. The number of benzene rings is 1. The molecule has 1 fully saturated rings. The maximum absolute atomic E-state index is 12.4. The molecule has 4 nitrogen and oxygen atoms in total. The molecule has 1 aliphatic rings. The van der Waals surface area contributed by atoms with Crippen LogP contribution in [0.15, 0.2) is 23.1 Å². The number of aliphatic hydroxyl groups is 1. The van der Waals surface area contributed by atoms with Crippen LogP contribution in [-0.2, 0) is 10.0 Å². The van der Waals surface area contributed by atoms with Gasteiger partial charge in [-0.15, -0.1) is 0 Å². The summed E-state index contributed by atoms with van der Waals surface area (Å²) in [7, 11) is -3.48. The minimum Gasteiger partial charge on any atom is -0.387 e. The van der Waals surface area contributed by atoms with Crippen LogP contribution >= 0.6 is 0 Å². The molecule has 1 N–H and O–H groups in total. The standard InChI is InChI=1S/C14H21NO3S/c1-10(2)14(16)8-15(9-14)19(17,18)13-6-11(3)5-12(4)7-13/h5-7,10,16H,8-9H2,1-4H3. The molecule has 1 aromatic rings. The van der Waals surface area contributed by atoms with Crippen LogP contribution in [-0.4, -0.2) is 36.5 Å². The zero-order valence-corrected chi connectivity index (χ0v) is 12.7. The average Bonchev–Trinajstić information content (AvgIpc) is 2.22. The minimum atomic E-state index is -3.48. The molecule has 0 aliphatic carbocycles. The summed E-state index contributed by atoms with van der Waals surface area (Å²) in [5.41, 5.74) is 0.975. The van der Waals surface area contributed by atoms with Crippen molar-refractivity contribution in [3.05, 3.63) is 29.3 Å². The van der Waals surface area contributed by atoms with E-state index in [2.05, 4.69) is 0 Å². The highest BCUT2D eigenvalue weighted by Gasteiger charge is 2.49. The summed E-state index contributed by atoms with van der Waals surface area (Å²) in [5.74, 6) is 0.0539. The fraction of sp³-hybridized carbons (Fsp3) is 0.571. The molecular formula is C14H21NO3S. The largest absolute Gasteiger partial charge is 0.387 e. The fourth-order valence-corrected chi connectivity index (χ4v) is 4.09. The minimum absolute atomic E-state index is 0.0539. The van der Waals surface area contributed by atoms with Crippen LogP contribution in [0.1, 0.15) is 25.0 Å². The Labute approximate surface area is 115 Å². The lowest BCUT2D eigenvalue weighted by atomic mass is 9.85. The van der Waals surface area contributed by atoms with Gasteiger partial charge >= 0.3 is 0 Å². The highest BCUT2D eigenvalue weighted by molar-refractivity contribution is 7.89. The van der Waals surface area contributed by atoms with Crippen LogP contribution < -0.4 is 0 Å². The van der Waals surface area contributed by atoms with Crippen LogP contribution in [0.2, 0.25) is 0 Å². The van der Waals surface area contributed by atoms with Gasteiger partial charge in [0.1, 0.15) is 0 Å². The molecule has 0 unspecified atom stereocenters. The van der Waals surface area contributed by atoms with Gasteiger partial charge in [0.05, 0.1) is 10.5 Å². The molecule has 0 bridgehead atoms. The Kier molecular flexibility index (Phi) is 3.49. The molecule has 2 rings (SSSR count). The van der Waals surface area contributed by atoms with Crippen molar-refractivity contribution in [1.29, 1.82) is 0 Å². The van der Waals surface area contributed by atoms with Crippen LogP contribution in [0.3, 0.4) is 0 Å². The van der Waals surface area contributed by atoms with E-state index < -0.39 is 15.6 Å². The fourth-order valence-electron chi connectivity index (χ4n) is 2.33. The Bertz CT molecular complexity index is 566. The van der Waals surface area contributed by atoms with Crippen molar-refractivity contribution >= 4 is 10.0 Å². The van der Waals surface area contributed by atoms with E-state index in [1.54, 1.807) is 12.1 Å². The first-order valence-electron chi connectivity index (χ1n) is 6.46. The van der Waals surface area contributed by atoms with Crippen molar-refractivity contribution < 1.29 is 13.5 Å². The number of rotatable bonds is 3. The van der Waals surface area contributed by atoms with Crippen molar-refractivity contribution in [1.82, 2.24) is 4.31 Å². The summed E-state index contributed by atoms with van der Waals surface area (Å²) in [6, 6.07) is 5.30. The third-order valence-corrected chi connectivity index (χ3v) is 5.58. The molecule has 1 heterocycles. The second-order valence-electron chi connectivity index (χ2n) is 5.85. The summed E-state index contributed by atoms with van der Waals surface area (Å²) >= 11 is 0. The van der Waals surface area contributed by atoms with Crippen LogP contribution in [0.4, 0.5) is 0 Å². The number of aryl methyl sites for hydroxylation is 2. The predicted octanol–water partition coefficient (Wildman–Crippen LogP) is 1.69. The van der Waals surface area contributed by atoms with Gasteiger partial charge < -0.3 is 5.11 Å². The van der Waals surface area contributed by atoms with Gasteiger partial charge in [-0.1, -0.05) is 19.9 Å². The van der Waals surface area contributed by atoms with Crippen LogP contribution in [0, 0.1) is 19.8 Å². The zero-order chi connectivity index (χ0) is 14.4. The highest BCUT2D eigenvalue weighted by atomic mass is 32.2. The smallest absolute Gasteiger partial charge is 0.243 e. The second kappa shape index (κ2) is 4.58. The van der Waals surface area contributed by atoms with E-state index in [4.69, 9.17) is 0 Å². The quantitative estimate of drug-likeness (QED) is 0.918. The van der Waals surface area contributed by atoms with Crippen LogP contribution in [0.5, 0.6) is 0 Å². The Balaban J connectivity index is 2.26. The van der Waals surface area contributed by atoms with E-state index >= 15 is 0 Å². The normalized spacial score (nSPS) is 19.5. The molecule has 0 radical (unpaired) electrons. The van der Waals surface area contributed by atoms with Crippen molar-refractivity contribution in [2.45, 2.75) is 38.2 Å². The molecule has 0 spiro atoms. The van der Waals surface area contributed by atoms with E-state index in [-0.39, 0.29) is 19.0 Å². The van der Waals surface area contributed by atoms with Crippen molar-refractivity contribution in [2.24, 2.45) is 5.92 Å². The van der Waals surface area contributed by atoms with E-state index in [0.717, 1.165) is 11.1 Å². The topological polar surface area (TPSA) is 57.6 Å². The van der Waals surface area contributed by atoms with Gasteiger partial charge in [0.2, 0.25) is 10.0 Å². The number of β-amino-alcohol motifs (C(OH)–C–C–N with tert-alkyl or cyclic N) is 1. The molecule has 0 atom stereocenters. The number of hydrogen-bond acceptors (Lipinski definition) is 3. The SMILES string of the molecule is Cc1cc(C)cc(S(=O)(=O)N2CC(O)(C(C)C)C2)c1. The van der Waals surface area contributed by atoms with Gasteiger partial charge in [0.25, 0.3) is 0 Å². The first-order valence-corrected chi connectivity index (χ1v) is 7.90. The lowest BCUT2D eigenvalue weighted by Crippen LogP contribution is -2.65. The number of nitrogens with zero attached hydrogens (tertiary/aromatic N) is 1. The van der Waals surface area contributed by atoms with Gasteiger partial charge in [-0.3, -0.25) is 0 Å². The first-order chi connectivity index (χ1) is 8.65. The van der Waals surface area contributed by atoms with Gasteiger partial charge in [-0.05, 0) is 43.0 Å². The molecule has 0 aromatic heterocycles. The van der Waals surface area contributed by atoms with Gasteiger partial charge in [0, 0.05) is 13.1 Å². The third kappa shape index (κ3) is 2.55. The summed E-state index contributed by atoms with van der Waals surface area (Å²) in [4.78, 5) is 0.316. The lowest BCUT2D eigenvalue weighted by Gasteiger charge is -2.47. The monoisotopic (exact) mass is 283 g/mol. The highest BCUT2D eigenvalue weighted by Crippen LogP contribution is 2.33. The maximum Gasteiger partial charge on any atom is 0.243 e. The summed E-state index contributed by atoms with van der Waals surface area (Å²) in [6.07, 6.45) is 0. The molecule has 1 saturated heterocycles. The number of sulfonamides is 1. The van der Waals surface area contributed by atoms with Gasteiger partial charge in [-0.2, -0.15) is 4.31 Å². The lowest BCUT2D eigenvalue weighted by molar-refractivity contribution is -0.0932. The molecule has 1 aromatic carbocycles. The summed E-state index contributed by atoms with van der Waals surface area (Å²) in [5, 5.41) is 10.2. The van der Waals surface area contributed by atoms with Crippen LogP contribution in [0.25, 0.3) is 0 Å². The average molecular weight is 283 g/mol. The third-order valence-electron chi connectivity index (χ3n) is 3.81. The molecule has 0 amide bonds. The van der Waals surface area contributed by atoms with E-state index in [9.17, 15) is 13.5 Å². The second-order valence-corrected chi connectivity index (χ2v) is 7.79. The number of hydrogen-bond donors (Lipinski definition) is 1. The van der Waals surface area contributed by atoms with Crippen molar-refractivity contribution in [3.8, 4) is 0 Å². The van der Waals surface area contributed by atoms with E-state index in [0.29, 0.717) is 4.90 Å².